The van der Waals surface area contributed by atoms with Crippen LogP contribution in [-0.2, 0) is 0 Å². The molecule has 0 aliphatic rings. The lowest BCUT2D eigenvalue weighted by molar-refractivity contribution is 0.297. The van der Waals surface area contributed by atoms with E-state index in [-0.39, 0.29) is 0 Å². The molecule has 0 aromatic heterocycles. The number of benzene rings is 2. The van der Waals surface area contributed by atoms with Gasteiger partial charge in [-0.25, -0.2) is 0 Å². The molecule has 0 aliphatic heterocycles. The molecule has 0 bridgehead atoms. The molecule has 0 saturated carbocycles. The Bertz CT molecular complexity index is 754. The average Bonchev–Trinajstić information content (AvgIpc) is 2.55. The molecule has 0 saturated heterocycles. The minimum absolute atomic E-state index is 0.371. The summed E-state index contributed by atoms with van der Waals surface area (Å²) in [5, 5.41) is 0.491. The Kier molecular flexibility index (Phi) is 6.44. The number of ether oxygens (including phenoxy) is 2. The molecule has 0 aliphatic carbocycles. The van der Waals surface area contributed by atoms with Crippen molar-refractivity contribution in [2.45, 2.75) is 20.8 Å². The molecule has 0 atom stereocenters. The number of halogens is 1. The van der Waals surface area contributed by atoms with E-state index in [0.29, 0.717) is 29.7 Å². The number of aryl methyl sites for hydroxylation is 2. The molecule has 0 amide bonds. The van der Waals surface area contributed by atoms with E-state index >= 15 is 0 Å². The minimum Gasteiger partial charge on any atom is -0.490 e. The summed E-state index contributed by atoms with van der Waals surface area (Å²) < 4.78 is 11.2. The lowest BCUT2D eigenvalue weighted by Gasteiger charge is -2.13. The Morgan fingerprint density at radius 1 is 1.17 bits per heavy atom. The molecular formula is C20H22ClNO2. The number of nitrogens with zero attached hydrogens (tertiary/aromatic N) is 1. The molecule has 0 N–H and O–H groups in total. The quantitative estimate of drug-likeness (QED) is 0.479. The topological polar surface area (TPSA) is 30.8 Å². The summed E-state index contributed by atoms with van der Waals surface area (Å²) in [5.41, 5.74) is 4.10. The molecule has 4 heteroatoms. The molecule has 0 fully saturated rings. The van der Waals surface area contributed by atoms with Crippen LogP contribution in [0, 0.1) is 13.8 Å². The first-order chi connectivity index (χ1) is 11.5. The maximum absolute atomic E-state index is 6.34. The molecule has 0 heterocycles. The van der Waals surface area contributed by atoms with Crippen LogP contribution in [0.3, 0.4) is 0 Å². The first-order valence-electron chi connectivity index (χ1n) is 7.86. The molecule has 0 radical (unpaired) electrons. The number of hydrogen-bond acceptors (Lipinski definition) is 3. The lowest BCUT2D eigenvalue weighted by Crippen LogP contribution is -2.00. The van der Waals surface area contributed by atoms with E-state index in [1.807, 2.05) is 32.9 Å². The van der Waals surface area contributed by atoms with Crippen LogP contribution in [-0.4, -0.2) is 19.4 Å². The second kappa shape index (κ2) is 8.55. The van der Waals surface area contributed by atoms with Crippen LogP contribution >= 0.6 is 11.6 Å². The van der Waals surface area contributed by atoms with Crippen LogP contribution in [0.5, 0.6) is 11.5 Å². The van der Waals surface area contributed by atoms with Crippen molar-refractivity contribution in [1.29, 1.82) is 0 Å². The van der Waals surface area contributed by atoms with Gasteiger partial charge in [-0.15, -0.1) is 0 Å². The molecule has 126 valence electrons. The summed E-state index contributed by atoms with van der Waals surface area (Å²) in [4.78, 5) is 4.57. The Balaban J connectivity index is 2.34. The van der Waals surface area contributed by atoms with Crippen molar-refractivity contribution in [3.05, 3.63) is 64.7 Å². The zero-order valence-electron chi connectivity index (χ0n) is 14.3. The highest BCUT2D eigenvalue weighted by molar-refractivity contribution is 6.32. The molecular weight excluding hydrogens is 322 g/mol. The van der Waals surface area contributed by atoms with Gasteiger partial charge in [0.1, 0.15) is 6.61 Å². The number of rotatable bonds is 7. The normalized spacial score (nSPS) is 10.8. The average molecular weight is 344 g/mol. The maximum atomic E-state index is 6.34. The zero-order valence-corrected chi connectivity index (χ0v) is 15.1. The number of aliphatic imine (C=N–C) groups is 1. The third-order valence-corrected chi connectivity index (χ3v) is 3.68. The van der Waals surface area contributed by atoms with Gasteiger partial charge in [-0.1, -0.05) is 36.4 Å². The van der Waals surface area contributed by atoms with E-state index in [1.165, 1.54) is 5.56 Å². The van der Waals surface area contributed by atoms with E-state index in [0.717, 1.165) is 16.8 Å². The smallest absolute Gasteiger partial charge is 0.180 e. The van der Waals surface area contributed by atoms with E-state index in [2.05, 4.69) is 29.8 Å². The van der Waals surface area contributed by atoms with E-state index in [4.69, 9.17) is 21.1 Å². The first kappa shape index (κ1) is 18.1. The monoisotopic (exact) mass is 343 g/mol. The van der Waals surface area contributed by atoms with Crippen molar-refractivity contribution in [3.8, 4) is 11.5 Å². The van der Waals surface area contributed by atoms with Gasteiger partial charge in [-0.3, -0.25) is 4.99 Å². The van der Waals surface area contributed by atoms with Crippen LogP contribution in [0.1, 0.15) is 23.6 Å². The van der Waals surface area contributed by atoms with Crippen LogP contribution in [0.25, 0.3) is 0 Å². The molecule has 24 heavy (non-hydrogen) atoms. The molecule has 0 unspecified atom stereocenters. The maximum Gasteiger partial charge on any atom is 0.180 e. The van der Waals surface area contributed by atoms with Crippen molar-refractivity contribution >= 4 is 23.5 Å². The largest absolute Gasteiger partial charge is 0.490 e. The SMILES string of the molecule is C=CCOc1c(Cl)cc(C=Nc2cc(C)ccc2C)cc1OCC. The Morgan fingerprint density at radius 3 is 2.67 bits per heavy atom. The van der Waals surface area contributed by atoms with E-state index in [1.54, 1.807) is 12.3 Å². The van der Waals surface area contributed by atoms with Crippen molar-refractivity contribution in [3.63, 3.8) is 0 Å². The summed E-state index contributed by atoms with van der Waals surface area (Å²) in [6, 6.07) is 9.88. The van der Waals surface area contributed by atoms with Gasteiger partial charge in [0.15, 0.2) is 11.5 Å². The van der Waals surface area contributed by atoms with Gasteiger partial charge < -0.3 is 9.47 Å². The molecule has 2 aromatic carbocycles. The Hall–Kier alpha value is -2.26. The van der Waals surface area contributed by atoms with Gasteiger partial charge in [0.05, 0.1) is 17.3 Å². The van der Waals surface area contributed by atoms with E-state index < -0.39 is 0 Å². The van der Waals surface area contributed by atoms with Gasteiger partial charge in [0.2, 0.25) is 0 Å². The minimum atomic E-state index is 0.371. The molecule has 3 nitrogen and oxygen atoms in total. The summed E-state index contributed by atoms with van der Waals surface area (Å²) in [7, 11) is 0. The second-order valence-electron chi connectivity index (χ2n) is 5.41. The summed E-state index contributed by atoms with van der Waals surface area (Å²) in [6.07, 6.45) is 3.45. The highest BCUT2D eigenvalue weighted by Crippen LogP contribution is 2.36. The second-order valence-corrected chi connectivity index (χ2v) is 5.82. The van der Waals surface area contributed by atoms with Gasteiger partial charge in [-0.2, -0.15) is 0 Å². The van der Waals surface area contributed by atoms with E-state index in [9.17, 15) is 0 Å². The fourth-order valence-corrected chi connectivity index (χ4v) is 2.48. The van der Waals surface area contributed by atoms with Crippen molar-refractivity contribution in [1.82, 2.24) is 0 Å². The van der Waals surface area contributed by atoms with Gasteiger partial charge in [0, 0.05) is 6.21 Å². The van der Waals surface area contributed by atoms with Gasteiger partial charge in [0.25, 0.3) is 0 Å². The molecule has 0 spiro atoms. The molecule has 2 rings (SSSR count). The highest BCUT2D eigenvalue weighted by Gasteiger charge is 2.11. The predicted molar refractivity (Wildman–Crippen MR) is 101 cm³/mol. The lowest BCUT2D eigenvalue weighted by atomic mass is 10.1. The Morgan fingerprint density at radius 2 is 1.96 bits per heavy atom. The summed E-state index contributed by atoms with van der Waals surface area (Å²) in [6.45, 7) is 10.6. The fraction of sp³-hybridized carbons (Fsp3) is 0.250. The van der Waals surface area contributed by atoms with Crippen molar-refractivity contribution in [2.75, 3.05) is 13.2 Å². The molecule has 2 aromatic rings. The van der Waals surface area contributed by atoms with Crippen molar-refractivity contribution < 1.29 is 9.47 Å². The predicted octanol–water partition coefficient (Wildman–Crippen LogP) is 5.67. The Labute approximate surface area is 148 Å². The van der Waals surface area contributed by atoms with Gasteiger partial charge >= 0.3 is 0 Å². The number of hydrogen-bond donors (Lipinski definition) is 0. The standard InChI is InChI=1S/C20H22ClNO2/c1-5-9-24-20-17(21)11-16(12-19(20)23-6-2)13-22-18-10-14(3)7-8-15(18)4/h5,7-8,10-13H,1,6,9H2,2-4H3. The summed E-state index contributed by atoms with van der Waals surface area (Å²) >= 11 is 6.34. The van der Waals surface area contributed by atoms with Crippen LogP contribution in [0.15, 0.2) is 48.0 Å². The first-order valence-corrected chi connectivity index (χ1v) is 8.24. The van der Waals surface area contributed by atoms with Crippen LogP contribution < -0.4 is 9.47 Å². The van der Waals surface area contributed by atoms with Crippen molar-refractivity contribution in [2.24, 2.45) is 4.99 Å². The third-order valence-electron chi connectivity index (χ3n) is 3.39. The summed E-state index contributed by atoms with van der Waals surface area (Å²) in [5.74, 6) is 1.14. The fourth-order valence-electron chi connectivity index (χ4n) is 2.21. The zero-order chi connectivity index (χ0) is 17.5. The van der Waals surface area contributed by atoms with Crippen LogP contribution in [0.4, 0.5) is 5.69 Å². The van der Waals surface area contributed by atoms with Crippen LogP contribution in [0.2, 0.25) is 5.02 Å². The highest BCUT2D eigenvalue weighted by atomic mass is 35.5. The third kappa shape index (κ3) is 4.62. The van der Waals surface area contributed by atoms with Gasteiger partial charge in [-0.05, 0) is 55.7 Å².